The molecule has 0 atom stereocenters. The Bertz CT molecular complexity index is 1080. The lowest BCUT2D eigenvalue weighted by atomic mass is 10.1. The van der Waals surface area contributed by atoms with Crippen molar-refractivity contribution >= 4 is 17.6 Å². The molecule has 0 aliphatic heterocycles. The van der Waals surface area contributed by atoms with Gasteiger partial charge in [-0.2, -0.15) is 0 Å². The number of carbonyl (C=O) groups is 1. The van der Waals surface area contributed by atoms with Crippen molar-refractivity contribution in [2.24, 2.45) is 5.92 Å². The van der Waals surface area contributed by atoms with Crippen LogP contribution >= 0.6 is 11.6 Å². The molecular weight excluding hydrogens is 407 g/mol. The molecule has 0 heterocycles. The van der Waals surface area contributed by atoms with Crippen LogP contribution in [-0.2, 0) is 11.2 Å². The highest BCUT2D eigenvalue weighted by atomic mass is 35.5. The van der Waals surface area contributed by atoms with Crippen LogP contribution < -0.4 is 9.47 Å². The van der Waals surface area contributed by atoms with Crippen molar-refractivity contribution in [3.8, 4) is 28.4 Å². The van der Waals surface area contributed by atoms with Gasteiger partial charge in [0.05, 0.1) is 18.1 Å². The van der Waals surface area contributed by atoms with E-state index >= 15 is 0 Å². The minimum absolute atomic E-state index is 0.0534. The van der Waals surface area contributed by atoms with Gasteiger partial charge in [-0.15, -0.1) is 0 Å². The van der Waals surface area contributed by atoms with Crippen LogP contribution in [0.15, 0.2) is 60.7 Å². The van der Waals surface area contributed by atoms with E-state index in [9.17, 15) is 9.18 Å². The summed E-state index contributed by atoms with van der Waals surface area (Å²) >= 11 is 5.90. The molecule has 1 saturated carbocycles. The molecule has 3 aromatic carbocycles. The third-order valence-corrected chi connectivity index (χ3v) is 5.09. The van der Waals surface area contributed by atoms with Gasteiger partial charge in [0.15, 0.2) is 0 Å². The third-order valence-electron chi connectivity index (χ3n) is 4.80. The molecule has 4 rings (SSSR count). The zero-order chi connectivity index (χ0) is 21.1. The van der Waals surface area contributed by atoms with Gasteiger partial charge in [-0.3, -0.25) is 4.79 Å². The summed E-state index contributed by atoms with van der Waals surface area (Å²) in [5.74, 6) is 0.841. The average molecular weight is 427 g/mol. The van der Waals surface area contributed by atoms with Crippen molar-refractivity contribution in [3.63, 3.8) is 0 Å². The maximum Gasteiger partial charge on any atom is 0.307 e. The molecule has 154 valence electrons. The number of hydrogen-bond acceptors (Lipinski definition) is 3. The Kier molecular flexibility index (Phi) is 5.91. The summed E-state index contributed by atoms with van der Waals surface area (Å²) in [5.41, 5.74) is 2.19. The van der Waals surface area contributed by atoms with Crippen LogP contribution in [0, 0.1) is 11.7 Å². The van der Waals surface area contributed by atoms with E-state index in [1.165, 1.54) is 18.9 Å². The van der Waals surface area contributed by atoms with Crippen LogP contribution in [0.25, 0.3) is 11.1 Å². The fraction of sp³-hybridized carbons (Fsp3) is 0.208. The number of hydrogen-bond donors (Lipinski definition) is 1. The summed E-state index contributed by atoms with van der Waals surface area (Å²) in [6.07, 6.45) is 2.21. The van der Waals surface area contributed by atoms with Gasteiger partial charge in [0.1, 0.15) is 23.1 Å². The number of ether oxygens (including phenoxy) is 2. The summed E-state index contributed by atoms with van der Waals surface area (Å²) in [7, 11) is 0. The lowest BCUT2D eigenvalue weighted by Gasteiger charge is -2.12. The zero-order valence-electron chi connectivity index (χ0n) is 16.1. The summed E-state index contributed by atoms with van der Waals surface area (Å²) in [6.45, 7) is 0.622. The Hall–Kier alpha value is -3.05. The highest BCUT2D eigenvalue weighted by molar-refractivity contribution is 6.31. The highest BCUT2D eigenvalue weighted by Crippen LogP contribution is 2.33. The molecule has 0 radical (unpaired) electrons. The molecule has 0 saturated heterocycles. The predicted molar refractivity (Wildman–Crippen MR) is 113 cm³/mol. The average Bonchev–Trinajstić information content (AvgIpc) is 3.53. The van der Waals surface area contributed by atoms with Gasteiger partial charge in [0, 0.05) is 6.07 Å². The SMILES string of the molecule is O=C(O)Cc1cc(OCC2CC2)cc(Oc2cccc(-c3ccc(F)c(Cl)c3)c2)c1. The fourth-order valence-electron chi connectivity index (χ4n) is 3.10. The maximum atomic E-state index is 13.5. The van der Waals surface area contributed by atoms with Crippen molar-refractivity contribution in [2.45, 2.75) is 19.3 Å². The molecule has 4 nitrogen and oxygen atoms in total. The van der Waals surface area contributed by atoms with Crippen molar-refractivity contribution in [3.05, 3.63) is 77.1 Å². The predicted octanol–water partition coefficient (Wildman–Crippen LogP) is 6.35. The summed E-state index contributed by atoms with van der Waals surface area (Å²) in [4.78, 5) is 11.2. The topological polar surface area (TPSA) is 55.8 Å². The van der Waals surface area contributed by atoms with Gasteiger partial charge >= 0.3 is 5.97 Å². The number of carboxylic acids is 1. The second-order valence-electron chi connectivity index (χ2n) is 7.40. The first-order chi connectivity index (χ1) is 14.5. The van der Waals surface area contributed by atoms with Crippen molar-refractivity contribution in [1.82, 2.24) is 0 Å². The van der Waals surface area contributed by atoms with E-state index in [0.29, 0.717) is 35.3 Å². The standard InChI is InChI=1S/C24H20ClFO4/c25-22-12-18(6-7-23(22)26)17-2-1-3-19(11-17)30-21-9-16(10-24(27)28)8-20(13-21)29-14-15-4-5-15/h1-3,6-9,11-13,15H,4-5,10,14H2,(H,27,28). The first-order valence-corrected chi connectivity index (χ1v) is 10.1. The van der Waals surface area contributed by atoms with Gasteiger partial charge in [-0.1, -0.05) is 29.8 Å². The normalized spacial score (nSPS) is 13.1. The summed E-state index contributed by atoms with van der Waals surface area (Å²) in [6, 6.07) is 17.0. The molecule has 6 heteroatoms. The second kappa shape index (κ2) is 8.76. The van der Waals surface area contributed by atoms with E-state index in [4.69, 9.17) is 26.2 Å². The van der Waals surface area contributed by atoms with Crippen molar-refractivity contribution in [2.75, 3.05) is 6.61 Å². The van der Waals surface area contributed by atoms with Crippen LogP contribution in [0.1, 0.15) is 18.4 Å². The molecule has 1 fully saturated rings. The number of carboxylic acid groups (broad SMARTS) is 1. The largest absolute Gasteiger partial charge is 0.493 e. The molecule has 0 amide bonds. The lowest BCUT2D eigenvalue weighted by Crippen LogP contribution is -2.03. The van der Waals surface area contributed by atoms with Gasteiger partial charge in [-0.05, 0) is 71.8 Å². The zero-order valence-corrected chi connectivity index (χ0v) is 16.9. The summed E-state index contributed by atoms with van der Waals surface area (Å²) < 4.78 is 25.3. The van der Waals surface area contributed by atoms with E-state index in [-0.39, 0.29) is 11.4 Å². The Morgan fingerprint density at radius 2 is 1.77 bits per heavy atom. The minimum Gasteiger partial charge on any atom is -0.493 e. The second-order valence-corrected chi connectivity index (χ2v) is 7.80. The van der Waals surface area contributed by atoms with Crippen LogP contribution in [0.5, 0.6) is 17.2 Å². The minimum atomic E-state index is -0.921. The molecule has 30 heavy (non-hydrogen) atoms. The molecule has 1 N–H and O–H groups in total. The molecule has 0 bridgehead atoms. The van der Waals surface area contributed by atoms with Gasteiger partial charge in [-0.25, -0.2) is 4.39 Å². The maximum absolute atomic E-state index is 13.5. The first kappa shape index (κ1) is 20.2. The number of rotatable bonds is 8. The van der Waals surface area contributed by atoms with Crippen molar-refractivity contribution < 1.29 is 23.8 Å². The van der Waals surface area contributed by atoms with Crippen LogP contribution in [0.3, 0.4) is 0 Å². The Balaban J connectivity index is 1.58. The van der Waals surface area contributed by atoms with Crippen LogP contribution in [0.4, 0.5) is 4.39 Å². The quantitative estimate of drug-likeness (QED) is 0.455. The van der Waals surface area contributed by atoms with Crippen molar-refractivity contribution in [1.29, 1.82) is 0 Å². The van der Waals surface area contributed by atoms with E-state index in [1.807, 2.05) is 18.2 Å². The van der Waals surface area contributed by atoms with Crippen LogP contribution in [0.2, 0.25) is 5.02 Å². The number of benzene rings is 3. The monoisotopic (exact) mass is 426 g/mol. The Morgan fingerprint density at radius 1 is 1.00 bits per heavy atom. The smallest absolute Gasteiger partial charge is 0.307 e. The molecule has 3 aromatic rings. The molecule has 1 aliphatic carbocycles. The molecule has 1 aliphatic rings. The van der Waals surface area contributed by atoms with Gasteiger partial charge in [0.2, 0.25) is 0 Å². The summed E-state index contributed by atoms with van der Waals surface area (Å²) in [5, 5.41) is 9.21. The number of halogens is 2. The first-order valence-electron chi connectivity index (χ1n) is 9.68. The molecular formula is C24H20ClFO4. The lowest BCUT2D eigenvalue weighted by molar-refractivity contribution is -0.136. The van der Waals surface area contributed by atoms with Gasteiger partial charge in [0.25, 0.3) is 0 Å². The van der Waals surface area contributed by atoms with E-state index in [0.717, 1.165) is 11.1 Å². The molecule has 0 aromatic heterocycles. The molecule has 0 unspecified atom stereocenters. The third kappa shape index (κ3) is 5.30. The van der Waals surface area contributed by atoms with E-state index in [1.54, 1.807) is 36.4 Å². The van der Waals surface area contributed by atoms with E-state index < -0.39 is 11.8 Å². The van der Waals surface area contributed by atoms with Crippen LogP contribution in [-0.4, -0.2) is 17.7 Å². The number of aliphatic carboxylic acids is 1. The fourth-order valence-corrected chi connectivity index (χ4v) is 3.28. The Labute approximate surface area is 178 Å². The molecule has 0 spiro atoms. The van der Waals surface area contributed by atoms with Gasteiger partial charge < -0.3 is 14.6 Å². The van der Waals surface area contributed by atoms with E-state index in [2.05, 4.69) is 0 Å². The highest BCUT2D eigenvalue weighted by Gasteiger charge is 2.22. The Morgan fingerprint density at radius 3 is 2.50 bits per heavy atom.